The van der Waals surface area contributed by atoms with Crippen molar-refractivity contribution >= 4 is 17.8 Å². The third-order valence-electron chi connectivity index (χ3n) is 3.27. The highest BCUT2D eigenvalue weighted by Crippen LogP contribution is 2.12. The molecule has 0 aliphatic heterocycles. The summed E-state index contributed by atoms with van der Waals surface area (Å²) in [6.07, 6.45) is 1.39. The third kappa shape index (κ3) is 6.17. The number of anilines is 1. The monoisotopic (exact) mass is 342 g/mol. The summed E-state index contributed by atoms with van der Waals surface area (Å²) in [6, 6.07) is 0. The normalized spacial score (nSPS) is 10.8. The van der Waals surface area contributed by atoms with Gasteiger partial charge in [-0.3, -0.25) is 9.69 Å². The lowest BCUT2D eigenvalue weighted by Gasteiger charge is -2.21. The van der Waals surface area contributed by atoms with Crippen LogP contribution in [0, 0.1) is 0 Å². The lowest BCUT2D eigenvalue weighted by molar-refractivity contribution is -0.144. The minimum atomic E-state index is -0.496. The van der Waals surface area contributed by atoms with Gasteiger partial charge in [0.2, 0.25) is 0 Å². The zero-order valence-electron chi connectivity index (χ0n) is 14.5. The molecule has 1 aromatic heterocycles. The minimum absolute atomic E-state index is 0.156. The summed E-state index contributed by atoms with van der Waals surface area (Å²) in [5.41, 5.74) is 6.18. The highest BCUT2D eigenvalue weighted by atomic mass is 16.5. The van der Waals surface area contributed by atoms with Gasteiger partial charge in [0.25, 0.3) is 0 Å². The average Bonchev–Trinajstić information content (AvgIpc) is 2.91. The van der Waals surface area contributed by atoms with Crippen molar-refractivity contribution in [3.8, 4) is 0 Å². The number of nitrogens with two attached hydrogens (primary N) is 1. The molecule has 0 fully saturated rings. The Morgan fingerprint density at radius 3 is 2.58 bits per heavy atom. The molecule has 0 saturated heterocycles. The van der Waals surface area contributed by atoms with Gasteiger partial charge in [0.15, 0.2) is 0 Å². The van der Waals surface area contributed by atoms with E-state index in [2.05, 4.69) is 5.10 Å². The number of hydrogen-bond donors (Lipinski definition) is 1. The van der Waals surface area contributed by atoms with Crippen LogP contribution in [-0.2, 0) is 25.5 Å². The number of carbonyl (C=O) groups is 2. The second-order valence-corrected chi connectivity index (χ2v) is 4.96. The summed E-state index contributed by atoms with van der Waals surface area (Å²) < 4.78 is 16.4. The fourth-order valence-corrected chi connectivity index (χ4v) is 2.05. The molecule has 0 saturated carbocycles. The van der Waals surface area contributed by atoms with E-state index in [1.807, 2.05) is 4.90 Å². The van der Waals surface area contributed by atoms with E-state index in [1.165, 1.54) is 10.9 Å². The van der Waals surface area contributed by atoms with Crippen molar-refractivity contribution in [2.75, 3.05) is 52.3 Å². The van der Waals surface area contributed by atoms with Crippen LogP contribution in [-0.4, -0.2) is 73.2 Å². The molecule has 1 rings (SSSR count). The SMILES string of the molecule is CCOC(=O)CN(CCOC)CCn1ncc(C(=O)OCC)c1N. The molecule has 1 heterocycles. The molecule has 9 nitrogen and oxygen atoms in total. The van der Waals surface area contributed by atoms with Crippen molar-refractivity contribution in [3.05, 3.63) is 11.8 Å². The molecular weight excluding hydrogens is 316 g/mol. The summed E-state index contributed by atoms with van der Waals surface area (Å²) >= 11 is 0. The molecule has 2 N–H and O–H groups in total. The second kappa shape index (κ2) is 10.6. The number of aromatic nitrogens is 2. The Hall–Kier alpha value is -2.13. The molecule has 0 spiro atoms. The largest absolute Gasteiger partial charge is 0.465 e. The Morgan fingerprint density at radius 2 is 1.96 bits per heavy atom. The van der Waals surface area contributed by atoms with E-state index in [9.17, 15) is 9.59 Å². The van der Waals surface area contributed by atoms with E-state index in [1.54, 1.807) is 21.0 Å². The lowest BCUT2D eigenvalue weighted by Crippen LogP contribution is -2.36. The minimum Gasteiger partial charge on any atom is -0.465 e. The van der Waals surface area contributed by atoms with Crippen molar-refractivity contribution < 1.29 is 23.8 Å². The molecule has 136 valence electrons. The summed E-state index contributed by atoms with van der Waals surface area (Å²) in [4.78, 5) is 25.3. The Labute approximate surface area is 141 Å². The maximum absolute atomic E-state index is 11.7. The maximum Gasteiger partial charge on any atom is 0.343 e. The first-order valence-corrected chi connectivity index (χ1v) is 7.88. The highest BCUT2D eigenvalue weighted by Gasteiger charge is 2.17. The average molecular weight is 342 g/mol. The van der Waals surface area contributed by atoms with E-state index >= 15 is 0 Å². The van der Waals surface area contributed by atoms with Gasteiger partial charge in [0.1, 0.15) is 11.4 Å². The number of methoxy groups -OCH3 is 1. The second-order valence-electron chi connectivity index (χ2n) is 4.96. The van der Waals surface area contributed by atoms with Gasteiger partial charge in [-0.05, 0) is 13.8 Å². The number of nitrogen functional groups attached to an aromatic ring is 1. The van der Waals surface area contributed by atoms with Gasteiger partial charge in [0, 0.05) is 20.2 Å². The molecule has 0 amide bonds. The van der Waals surface area contributed by atoms with Crippen LogP contribution in [0.1, 0.15) is 24.2 Å². The van der Waals surface area contributed by atoms with Crippen LogP contribution in [0.4, 0.5) is 5.82 Å². The van der Waals surface area contributed by atoms with Crippen molar-refractivity contribution in [1.29, 1.82) is 0 Å². The molecule has 0 unspecified atom stereocenters. The molecule has 9 heteroatoms. The molecule has 1 aromatic rings. The number of rotatable bonds is 11. The lowest BCUT2D eigenvalue weighted by atomic mass is 10.3. The first kappa shape index (κ1) is 19.9. The van der Waals surface area contributed by atoms with Gasteiger partial charge in [-0.2, -0.15) is 5.10 Å². The van der Waals surface area contributed by atoms with Crippen LogP contribution in [0.15, 0.2) is 6.20 Å². The van der Waals surface area contributed by atoms with Crippen LogP contribution >= 0.6 is 0 Å². The Kier molecular flexibility index (Phi) is 8.80. The van der Waals surface area contributed by atoms with Crippen LogP contribution in [0.25, 0.3) is 0 Å². The van der Waals surface area contributed by atoms with Crippen molar-refractivity contribution in [3.63, 3.8) is 0 Å². The number of nitrogens with zero attached hydrogens (tertiary/aromatic N) is 3. The molecule has 0 aliphatic carbocycles. The van der Waals surface area contributed by atoms with Crippen LogP contribution in [0.3, 0.4) is 0 Å². The van der Waals surface area contributed by atoms with E-state index in [4.69, 9.17) is 19.9 Å². The number of ether oxygens (including phenoxy) is 3. The molecule has 0 aromatic carbocycles. The fraction of sp³-hybridized carbons (Fsp3) is 0.667. The van der Waals surface area contributed by atoms with Crippen molar-refractivity contribution in [2.45, 2.75) is 20.4 Å². The van der Waals surface area contributed by atoms with Crippen molar-refractivity contribution in [2.24, 2.45) is 0 Å². The third-order valence-corrected chi connectivity index (χ3v) is 3.27. The van der Waals surface area contributed by atoms with E-state index in [-0.39, 0.29) is 30.5 Å². The maximum atomic E-state index is 11.7. The standard InChI is InChI=1S/C15H26N4O5/c1-4-23-13(20)11-18(8-9-22-3)6-7-19-14(16)12(10-17-19)15(21)24-5-2/h10H,4-9,11,16H2,1-3H3. The van der Waals surface area contributed by atoms with Gasteiger partial charge in [-0.1, -0.05) is 0 Å². The van der Waals surface area contributed by atoms with Crippen LogP contribution < -0.4 is 5.73 Å². The van der Waals surface area contributed by atoms with Gasteiger partial charge in [-0.15, -0.1) is 0 Å². The Morgan fingerprint density at radius 1 is 1.25 bits per heavy atom. The molecule has 24 heavy (non-hydrogen) atoms. The van der Waals surface area contributed by atoms with Gasteiger partial charge in [-0.25, -0.2) is 9.48 Å². The number of esters is 2. The zero-order chi connectivity index (χ0) is 17.9. The molecule has 0 radical (unpaired) electrons. The Balaban J connectivity index is 2.65. The number of carbonyl (C=O) groups excluding carboxylic acids is 2. The van der Waals surface area contributed by atoms with Crippen molar-refractivity contribution in [1.82, 2.24) is 14.7 Å². The van der Waals surface area contributed by atoms with E-state index < -0.39 is 5.97 Å². The smallest absolute Gasteiger partial charge is 0.343 e. The first-order valence-electron chi connectivity index (χ1n) is 7.88. The van der Waals surface area contributed by atoms with E-state index in [0.29, 0.717) is 32.8 Å². The fourth-order valence-electron chi connectivity index (χ4n) is 2.05. The van der Waals surface area contributed by atoms with Gasteiger partial charge in [0.05, 0.1) is 39.1 Å². The highest BCUT2D eigenvalue weighted by molar-refractivity contribution is 5.93. The Bertz CT molecular complexity index is 532. The topological polar surface area (TPSA) is 109 Å². The molecule has 0 atom stereocenters. The molecular formula is C15H26N4O5. The number of hydrogen-bond acceptors (Lipinski definition) is 8. The summed E-state index contributed by atoms with van der Waals surface area (Å²) in [5.74, 6) is -0.547. The zero-order valence-corrected chi connectivity index (χ0v) is 14.5. The first-order chi connectivity index (χ1) is 11.5. The van der Waals surface area contributed by atoms with Gasteiger partial charge >= 0.3 is 11.9 Å². The summed E-state index contributed by atoms with van der Waals surface area (Å²) in [5, 5.41) is 4.10. The van der Waals surface area contributed by atoms with E-state index in [0.717, 1.165) is 0 Å². The van der Waals surface area contributed by atoms with Crippen LogP contribution in [0.5, 0.6) is 0 Å². The van der Waals surface area contributed by atoms with Gasteiger partial charge < -0.3 is 19.9 Å². The quantitative estimate of drug-likeness (QED) is 0.566. The summed E-state index contributed by atoms with van der Waals surface area (Å²) in [6.45, 7) is 6.25. The van der Waals surface area contributed by atoms with Crippen LogP contribution in [0.2, 0.25) is 0 Å². The predicted octanol–water partition coefficient (Wildman–Crippen LogP) is 0.154. The molecule has 0 aliphatic rings. The summed E-state index contributed by atoms with van der Waals surface area (Å²) in [7, 11) is 1.60. The predicted molar refractivity (Wildman–Crippen MR) is 87.5 cm³/mol. The molecule has 0 bridgehead atoms.